The monoisotopic (exact) mass is 367 g/mol. The van der Waals surface area contributed by atoms with Gasteiger partial charge in [-0.05, 0) is 36.4 Å². The second kappa shape index (κ2) is 8.18. The summed E-state index contributed by atoms with van der Waals surface area (Å²) in [5, 5.41) is 5.68. The molecule has 0 fully saturated rings. The average Bonchev–Trinajstić information content (AvgIpc) is 2.70. The third-order valence-corrected chi connectivity index (χ3v) is 3.80. The van der Waals surface area contributed by atoms with Gasteiger partial charge in [0.2, 0.25) is 0 Å². The van der Waals surface area contributed by atoms with Crippen LogP contribution in [0.5, 0.6) is 11.5 Å². The Labute approximate surface area is 156 Å². The molecule has 1 heterocycles. The van der Waals surface area contributed by atoms with Gasteiger partial charge in [0.25, 0.3) is 5.91 Å². The number of methoxy groups -OCH3 is 2. The first-order chi connectivity index (χ1) is 13.1. The zero-order valence-electron chi connectivity index (χ0n) is 14.8. The molecule has 1 aromatic heterocycles. The van der Waals surface area contributed by atoms with Crippen LogP contribution in [0, 0.1) is 5.82 Å². The summed E-state index contributed by atoms with van der Waals surface area (Å²) in [6.45, 7) is 0. The summed E-state index contributed by atoms with van der Waals surface area (Å²) < 4.78 is 24.2. The molecule has 0 saturated heterocycles. The van der Waals surface area contributed by atoms with Gasteiger partial charge in [0.05, 0.1) is 25.6 Å². The van der Waals surface area contributed by atoms with Crippen molar-refractivity contribution < 1.29 is 18.7 Å². The lowest BCUT2D eigenvalue weighted by Gasteiger charge is -2.12. The van der Waals surface area contributed by atoms with Gasteiger partial charge in [-0.15, -0.1) is 0 Å². The summed E-state index contributed by atoms with van der Waals surface area (Å²) in [6.07, 6.45) is 1.47. The van der Waals surface area contributed by atoms with Crippen molar-refractivity contribution in [3.05, 3.63) is 72.3 Å². The van der Waals surface area contributed by atoms with E-state index in [4.69, 9.17) is 9.47 Å². The Morgan fingerprint density at radius 3 is 2.56 bits per heavy atom. The number of rotatable bonds is 6. The smallest absolute Gasteiger partial charge is 0.274 e. The molecule has 0 aliphatic rings. The highest BCUT2D eigenvalue weighted by Gasteiger charge is 2.13. The van der Waals surface area contributed by atoms with Crippen molar-refractivity contribution in [3.8, 4) is 11.5 Å². The lowest BCUT2D eigenvalue weighted by atomic mass is 10.2. The highest BCUT2D eigenvalue weighted by molar-refractivity contribution is 6.04. The van der Waals surface area contributed by atoms with Crippen molar-refractivity contribution in [2.24, 2.45) is 0 Å². The molecule has 0 unspecified atom stereocenters. The van der Waals surface area contributed by atoms with Crippen LogP contribution in [0.25, 0.3) is 0 Å². The number of hydrogen-bond donors (Lipinski definition) is 2. The van der Waals surface area contributed by atoms with Gasteiger partial charge >= 0.3 is 0 Å². The number of pyridine rings is 1. The van der Waals surface area contributed by atoms with Gasteiger partial charge in [0.1, 0.15) is 23.0 Å². The molecule has 7 heteroatoms. The number of ether oxygens (including phenoxy) is 2. The van der Waals surface area contributed by atoms with E-state index in [2.05, 4.69) is 15.6 Å². The van der Waals surface area contributed by atoms with Gasteiger partial charge in [0, 0.05) is 18.0 Å². The van der Waals surface area contributed by atoms with Crippen molar-refractivity contribution in [1.29, 1.82) is 0 Å². The van der Waals surface area contributed by atoms with Gasteiger partial charge < -0.3 is 20.1 Å². The van der Waals surface area contributed by atoms with Crippen molar-refractivity contribution >= 4 is 23.0 Å². The number of halogens is 1. The fourth-order valence-corrected chi connectivity index (χ4v) is 2.45. The molecule has 6 nitrogen and oxygen atoms in total. The maximum absolute atomic E-state index is 13.8. The number of benzene rings is 2. The molecule has 0 bridgehead atoms. The fraction of sp³-hybridized carbons (Fsp3) is 0.100. The number of carbonyl (C=O) groups excluding carboxylic acids is 1. The number of para-hydroxylation sites is 1. The third-order valence-electron chi connectivity index (χ3n) is 3.80. The third kappa shape index (κ3) is 4.33. The summed E-state index contributed by atoms with van der Waals surface area (Å²) in [7, 11) is 3.04. The number of nitrogens with zero attached hydrogens (tertiary/aromatic N) is 1. The molecule has 1 amide bonds. The quantitative estimate of drug-likeness (QED) is 0.682. The minimum absolute atomic E-state index is 0.168. The normalized spacial score (nSPS) is 10.2. The molecule has 0 aliphatic heterocycles. The number of anilines is 3. The van der Waals surface area contributed by atoms with E-state index in [1.165, 1.54) is 32.5 Å². The van der Waals surface area contributed by atoms with E-state index in [1.54, 1.807) is 42.5 Å². The molecular formula is C20H18FN3O3. The second-order valence-corrected chi connectivity index (χ2v) is 5.55. The Balaban J connectivity index is 1.81. The predicted molar refractivity (Wildman–Crippen MR) is 101 cm³/mol. The minimum atomic E-state index is -0.432. The Kier molecular flexibility index (Phi) is 5.51. The molecule has 0 aliphatic carbocycles. The van der Waals surface area contributed by atoms with Crippen LogP contribution >= 0.6 is 0 Å². The highest BCUT2D eigenvalue weighted by Crippen LogP contribution is 2.29. The van der Waals surface area contributed by atoms with Crippen LogP contribution in [0.15, 0.2) is 60.8 Å². The number of nitrogens with one attached hydrogen (secondary N) is 2. The van der Waals surface area contributed by atoms with E-state index in [9.17, 15) is 9.18 Å². The predicted octanol–water partition coefficient (Wildman–Crippen LogP) is 4.23. The zero-order valence-corrected chi connectivity index (χ0v) is 14.8. The van der Waals surface area contributed by atoms with Crippen molar-refractivity contribution in [3.63, 3.8) is 0 Å². The van der Waals surface area contributed by atoms with Crippen LogP contribution in [0.2, 0.25) is 0 Å². The Morgan fingerprint density at radius 1 is 1.00 bits per heavy atom. The first kappa shape index (κ1) is 18.2. The summed E-state index contributed by atoms with van der Waals surface area (Å²) in [5.41, 5.74) is 1.47. The molecule has 0 atom stereocenters. The van der Waals surface area contributed by atoms with Gasteiger partial charge in [-0.25, -0.2) is 4.39 Å². The van der Waals surface area contributed by atoms with Gasteiger partial charge in [0.15, 0.2) is 0 Å². The fourth-order valence-electron chi connectivity index (χ4n) is 2.45. The molecule has 2 N–H and O–H groups in total. The van der Waals surface area contributed by atoms with Crippen LogP contribution in [-0.2, 0) is 0 Å². The van der Waals surface area contributed by atoms with E-state index < -0.39 is 5.91 Å². The van der Waals surface area contributed by atoms with E-state index in [0.29, 0.717) is 28.6 Å². The Bertz CT molecular complexity index is 963. The van der Waals surface area contributed by atoms with Crippen LogP contribution in [-0.4, -0.2) is 25.1 Å². The van der Waals surface area contributed by atoms with E-state index in [1.807, 2.05) is 0 Å². The molecule has 3 aromatic rings. The molecule has 27 heavy (non-hydrogen) atoms. The SMILES string of the molecule is COc1ccc(OC)c(NC(=O)c2cc(Nc3ccccc3F)ccn2)c1. The maximum Gasteiger partial charge on any atom is 0.274 e. The standard InChI is InChI=1S/C20H18FN3O3/c1-26-14-7-8-19(27-2)17(12-14)24-20(25)18-11-13(9-10-22-18)23-16-6-4-3-5-15(16)21/h3-12H,1-2H3,(H,22,23)(H,24,25). The van der Waals surface area contributed by atoms with Crippen molar-refractivity contribution in [2.75, 3.05) is 24.9 Å². The van der Waals surface area contributed by atoms with E-state index in [0.717, 1.165) is 0 Å². The number of aromatic nitrogens is 1. The lowest BCUT2D eigenvalue weighted by Crippen LogP contribution is -2.14. The molecular weight excluding hydrogens is 349 g/mol. The molecule has 0 saturated carbocycles. The Morgan fingerprint density at radius 2 is 1.81 bits per heavy atom. The molecule has 0 radical (unpaired) electrons. The summed E-state index contributed by atoms with van der Waals surface area (Å²) in [5.74, 6) is 0.249. The summed E-state index contributed by atoms with van der Waals surface area (Å²) in [6, 6.07) is 14.5. The molecule has 138 valence electrons. The van der Waals surface area contributed by atoms with Crippen molar-refractivity contribution in [1.82, 2.24) is 4.98 Å². The highest BCUT2D eigenvalue weighted by atomic mass is 19.1. The first-order valence-electron chi connectivity index (χ1n) is 8.11. The van der Waals surface area contributed by atoms with Gasteiger partial charge in [-0.3, -0.25) is 9.78 Å². The zero-order chi connectivity index (χ0) is 19.2. The van der Waals surface area contributed by atoms with Crippen molar-refractivity contribution in [2.45, 2.75) is 0 Å². The minimum Gasteiger partial charge on any atom is -0.497 e. The van der Waals surface area contributed by atoms with Crippen LogP contribution < -0.4 is 20.1 Å². The first-order valence-corrected chi connectivity index (χ1v) is 8.11. The van der Waals surface area contributed by atoms with Gasteiger partial charge in [-0.1, -0.05) is 12.1 Å². The number of amides is 1. The number of hydrogen-bond acceptors (Lipinski definition) is 5. The largest absolute Gasteiger partial charge is 0.497 e. The number of carbonyl (C=O) groups is 1. The topological polar surface area (TPSA) is 72.5 Å². The lowest BCUT2D eigenvalue weighted by molar-refractivity contribution is 0.102. The van der Waals surface area contributed by atoms with E-state index in [-0.39, 0.29) is 11.5 Å². The molecule has 0 spiro atoms. The maximum atomic E-state index is 13.8. The molecule has 2 aromatic carbocycles. The van der Waals surface area contributed by atoms with Crippen LogP contribution in [0.1, 0.15) is 10.5 Å². The Hall–Kier alpha value is -3.61. The summed E-state index contributed by atoms with van der Waals surface area (Å²) in [4.78, 5) is 16.7. The average molecular weight is 367 g/mol. The van der Waals surface area contributed by atoms with Crippen LogP contribution in [0.4, 0.5) is 21.5 Å². The summed E-state index contributed by atoms with van der Waals surface area (Å²) >= 11 is 0. The second-order valence-electron chi connectivity index (χ2n) is 5.55. The van der Waals surface area contributed by atoms with Crippen LogP contribution in [0.3, 0.4) is 0 Å². The van der Waals surface area contributed by atoms with E-state index >= 15 is 0 Å². The van der Waals surface area contributed by atoms with Gasteiger partial charge in [-0.2, -0.15) is 0 Å². The molecule has 3 rings (SSSR count).